The summed E-state index contributed by atoms with van der Waals surface area (Å²) in [7, 11) is 0. The second-order valence-corrected chi connectivity index (χ2v) is 7.91. The highest BCUT2D eigenvalue weighted by Gasteiger charge is 2.23. The fourth-order valence-electron chi connectivity index (χ4n) is 2.96. The summed E-state index contributed by atoms with van der Waals surface area (Å²) in [5.41, 5.74) is 0. The van der Waals surface area contributed by atoms with E-state index in [0.29, 0.717) is 24.1 Å². The highest BCUT2D eigenvalue weighted by Crippen LogP contribution is 2.33. The number of hydrogen-bond acceptors (Lipinski definition) is 4. The predicted octanol–water partition coefficient (Wildman–Crippen LogP) is 3.76. The summed E-state index contributed by atoms with van der Waals surface area (Å²) >= 11 is 1.46. The Labute approximate surface area is 149 Å². The molecule has 0 spiro atoms. The molecule has 1 aromatic rings. The van der Waals surface area contributed by atoms with Crippen molar-refractivity contribution >= 4 is 17.7 Å². The van der Waals surface area contributed by atoms with Gasteiger partial charge in [0.2, 0.25) is 5.91 Å². The average molecular weight is 351 g/mol. The third-order valence-electron chi connectivity index (χ3n) is 4.75. The number of hydrogen-bond donors (Lipinski definition) is 1. The lowest BCUT2D eigenvalue weighted by molar-refractivity contribution is -0.119. The van der Waals surface area contributed by atoms with Crippen LogP contribution < -0.4 is 5.32 Å². The molecule has 1 N–H and O–H groups in total. The van der Waals surface area contributed by atoms with Gasteiger partial charge in [0.1, 0.15) is 5.82 Å². The van der Waals surface area contributed by atoms with E-state index in [-0.39, 0.29) is 11.9 Å². The van der Waals surface area contributed by atoms with Gasteiger partial charge in [0.05, 0.1) is 5.75 Å². The standard InChI is InChI=1S/C18H30N4OS/c1-5-11-22-17(15-9-7-6-8-10-15)20-21-18(22)24-12-16(23)19-14(4)13(2)3/h5,13-15H,1,6-12H2,2-4H3,(H,19,23)/t14-/m0/s1. The van der Waals surface area contributed by atoms with Gasteiger partial charge >= 0.3 is 0 Å². The highest BCUT2D eigenvalue weighted by molar-refractivity contribution is 7.99. The molecule has 1 heterocycles. The van der Waals surface area contributed by atoms with E-state index in [9.17, 15) is 4.79 Å². The zero-order chi connectivity index (χ0) is 17.5. The van der Waals surface area contributed by atoms with Crippen molar-refractivity contribution < 1.29 is 4.79 Å². The van der Waals surface area contributed by atoms with E-state index in [1.54, 1.807) is 0 Å². The van der Waals surface area contributed by atoms with Gasteiger partial charge in [0.15, 0.2) is 5.16 Å². The molecule has 2 rings (SSSR count). The van der Waals surface area contributed by atoms with Gasteiger partial charge < -0.3 is 9.88 Å². The zero-order valence-electron chi connectivity index (χ0n) is 15.1. The third kappa shape index (κ3) is 5.10. The van der Waals surface area contributed by atoms with Crippen LogP contribution in [0.1, 0.15) is 64.6 Å². The van der Waals surface area contributed by atoms with E-state index < -0.39 is 0 Å². The lowest BCUT2D eigenvalue weighted by Gasteiger charge is -2.21. The number of amides is 1. The Bertz CT molecular complexity index is 549. The van der Waals surface area contributed by atoms with Gasteiger partial charge in [0.25, 0.3) is 0 Å². The Morgan fingerprint density at radius 2 is 2.04 bits per heavy atom. The first-order valence-corrected chi connectivity index (χ1v) is 9.97. The minimum Gasteiger partial charge on any atom is -0.353 e. The van der Waals surface area contributed by atoms with Crippen molar-refractivity contribution in [2.24, 2.45) is 5.92 Å². The molecule has 1 aliphatic rings. The molecule has 1 atom stereocenters. The van der Waals surface area contributed by atoms with Crippen molar-refractivity contribution in [1.82, 2.24) is 20.1 Å². The summed E-state index contributed by atoms with van der Waals surface area (Å²) in [6.07, 6.45) is 8.11. The van der Waals surface area contributed by atoms with Crippen LogP contribution in [-0.4, -0.2) is 32.5 Å². The smallest absolute Gasteiger partial charge is 0.230 e. The quantitative estimate of drug-likeness (QED) is 0.573. The number of carbonyl (C=O) groups excluding carboxylic acids is 1. The van der Waals surface area contributed by atoms with Crippen LogP contribution in [0.25, 0.3) is 0 Å². The molecule has 6 heteroatoms. The number of rotatable bonds is 8. The fraction of sp³-hybridized carbons (Fsp3) is 0.722. The molecule has 1 aromatic heterocycles. The minimum atomic E-state index is 0.0496. The summed E-state index contributed by atoms with van der Waals surface area (Å²) in [5.74, 6) is 2.41. The lowest BCUT2D eigenvalue weighted by Crippen LogP contribution is -2.37. The molecule has 0 bridgehead atoms. The van der Waals surface area contributed by atoms with Crippen molar-refractivity contribution in [3.8, 4) is 0 Å². The molecule has 0 aromatic carbocycles. The topological polar surface area (TPSA) is 59.8 Å². The second kappa shape index (κ2) is 9.25. The largest absolute Gasteiger partial charge is 0.353 e. The lowest BCUT2D eigenvalue weighted by atomic mass is 9.89. The van der Waals surface area contributed by atoms with Crippen LogP contribution in [0.5, 0.6) is 0 Å². The summed E-state index contributed by atoms with van der Waals surface area (Å²) in [4.78, 5) is 12.1. The Morgan fingerprint density at radius 3 is 2.67 bits per heavy atom. The van der Waals surface area contributed by atoms with Crippen LogP contribution in [0.2, 0.25) is 0 Å². The van der Waals surface area contributed by atoms with Crippen molar-refractivity contribution in [3.63, 3.8) is 0 Å². The van der Waals surface area contributed by atoms with E-state index in [1.165, 1.54) is 43.9 Å². The molecular formula is C18H30N4OS. The minimum absolute atomic E-state index is 0.0496. The van der Waals surface area contributed by atoms with Gasteiger partial charge in [-0.3, -0.25) is 4.79 Å². The number of aromatic nitrogens is 3. The summed E-state index contributed by atoms with van der Waals surface area (Å²) in [5, 5.41) is 12.6. The van der Waals surface area contributed by atoms with E-state index in [4.69, 9.17) is 0 Å². The SMILES string of the molecule is C=CCn1c(SCC(=O)N[C@@H](C)C(C)C)nnc1C1CCCCC1. The van der Waals surface area contributed by atoms with E-state index in [0.717, 1.165) is 11.0 Å². The number of nitrogens with zero attached hydrogens (tertiary/aromatic N) is 3. The first-order chi connectivity index (χ1) is 11.5. The third-order valence-corrected chi connectivity index (χ3v) is 5.72. The Balaban J connectivity index is 2.00. The second-order valence-electron chi connectivity index (χ2n) is 6.96. The summed E-state index contributed by atoms with van der Waals surface area (Å²) in [6.45, 7) is 10.8. The molecule has 1 amide bonds. The number of nitrogens with one attached hydrogen (secondary N) is 1. The van der Waals surface area contributed by atoms with E-state index >= 15 is 0 Å². The number of carbonyl (C=O) groups is 1. The molecule has 1 aliphatic carbocycles. The highest BCUT2D eigenvalue weighted by atomic mass is 32.2. The Kier molecular flexibility index (Phi) is 7.34. The van der Waals surface area contributed by atoms with Crippen LogP contribution in [0, 0.1) is 5.92 Å². The number of thioether (sulfide) groups is 1. The maximum atomic E-state index is 12.1. The maximum Gasteiger partial charge on any atom is 0.230 e. The average Bonchev–Trinajstić information content (AvgIpc) is 2.97. The van der Waals surface area contributed by atoms with Crippen LogP contribution in [0.3, 0.4) is 0 Å². The number of allylic oxidation sites excluding steroid dienone is 1. The van der Waals surface area contributed by atoms with Crippen molar-refractivity contribution in [3.05, 3.63) is 18.5 Å². The van der Waals surface area contributed by atoms with Crippen molar-refractivity contribution in [2.45, 2.75) is 76.5 Å². The molecule has 1 fully saturated rings. The first-order valence-electron chi connectivity index (χ1n) is 8.99. The molecule has 5 nitrogen and oxygen atoms in total. The molecule has 1 saturated carbocycles. The molecular weight excluding hydrogens is 320 g/mol. The van der Waals surface area contributed by atoms with E-state index in [2.05, 4.69) is 40.5 Å². The Morgan fingerprint density at radius 1 is 1.33 bits per heavy atom. The van der Waals surface area contributed by atoms with Gasteiger partial charge in [0, 0.05) is 18.5 Å². The summed E-state index contributed by atoms with van der Waals surface area (Å²) in [6, 6.07) is 0.182. The molecule has 0 aliphatic heterocycles. The van der Waals surface area contributed by atoms with Gasteiger partial charge in [-0.2, -0.15) is 0 Å². The molecule has 0 saturated heterocycles. The van der Waals surface area contributed by atoms with Gasteiger partial charge in [-0.1, -0.05) is 50.9 Å². The van der Waals surface area contributed by atoms with Crippen LogP contribution in [0.15, 0.2) is 17.8 Å². The van der Waals surface area contributed by atoms with E-state index in [1.807, 2.05) is 13.0 Å². The molecule has 0 radical (unpaired) electrons. The zero-order valence-corrected chi connectivity index (χ0v) is 15.9. The van der Waals surface area contributed by atoms with Crippen LogP contribution in [-0.2, 0) is 11.3 Å². The van der Waals surface area contributed by atoms with Crippen molar-refractivity contribution in [1.29, 1.82) is 0 Å². The molecule has 24 heavy (non-hydrogen) atoms. The van der Waals surface area contributed by atoms with Gasteiger partial charge in [-0.25, -0.2) is 0 Å². The fourth-order valence-corrected chi connectivity index (χ4v) is 3.73. The molecule has 134 valence electrons. The maximum absolute atomic E-state index is 12.1. The molecule has 0 unspecified atom stereocenters. The Hall–Kier alpha value is -1.30. The predicted molar refractivity (Wildman–Crippen MR) is 99.2 cm³/mol. The van der Waals surface area contributed by atoms with Gasteiger partial charge in [-0.05, 0) is 25.7 Å². The van der Waals surface area contributed by atoms with Crippen LogP contribution in [0.4, 0.5) is 0 Å². The van der Waals surface area contributed by atoms with Gasteiger partial charge in [-0.15, -0.1) is 16.8 Å². The monoisotopic (exact) mass is 350 g/mol. The summed E-state index contributed by atoms with van der Waals surface area (Å²) < 4.78 is 2.13. The first kappa shape index (κ1) is 19.0. The van der Waals surface area contributed by atoms with Crippen LogP contribution >= 0.6 is 11.8 Å². The normalized spacial score (nSPS) is 17.0. The van der Waals surface area contributed by atoms with Crippen molar-refractivity contribution in [2.75, 3.05) is 5.75 Å².